The normalized spacial score (nSPS) is 12.7. The molecule has 0 saturated heterocycles. The molecular weight excluding hydrogens is 266 g/mol. The summed E-state index contributed by atoms with van der Waals surface area (Å²) in [7, 11) is 0. The highest BCUT2D eigenvalue weighted by atomic mass is 19.3. The largest absolute Gasteiger partial charge is 0.473 e. The van der Waals surface area contributed by atoms with E-state index in [4.69, 9.17) is 10.00 Å². The van der Waals surface area contributed by atoms with Crippen molar-refractivity contribution in [3.8, 4) is 12.1 Å². The Kier molecular flexibility index (Phi) is 6.17. The SMILES string of the molecule is C/C=C(\C(COc1ccccn1)=C(/C)OC#N)C(F)F. The minimum atomic E-state index is -2.68. The van der Waals surface area contributed by atoms with Crippen molar-refractivity contribution in [1.82, 2.24) is 4.98 Å². The quantitative estimate of drug-likeness (QED) is 0.455. The Morgan fingerprint density at radius 2 is 2.25 bits per heavy atom. The molecule has 6 heteroatoms. The molecule has 1 rings (SSSR count). The van der Waals surface area contributed by atoms with Gasteiger partial charge in [-0.25, -0.2) is 13.8 Å². The van der Waals surface area contributed by atoms with Crippen LogP contribution in [0, 0.1) is 11.5 Å². The summed E-state index contributed by atoms with van der Waals surface area (Å²) in [5.41, 5.74) is -0.0941. The van der Waals surface area contributed by atoms with Gasteiger partial charge in [0.2, 0.25) is 5.88 Å². The molecule has 1 heterocycles. The maximum absolute atomic E-state index is 13.0. The first-order chi connectivity index (χ1) is 9.60. The molecule has 0 aliphatic rings. The first kappa shape index (κ1) is 15.6. The predicted octanol–water partition coefficient (Wildman–Crippen LogP) is 3.44. The van der Waals surface area contributed by atoms with Crippen molar-refractivity contribution in [2.45, 2.75) is 20.3 Å². The number of allylic oxidation sites excluding steroid dienone is 2. The number of rotatable bonds is 6. The average molecular weight is 280 g/mol. The highest BCUT2D eigenvalue weighted by molar-refractivity contribution is 5.35. The molecule has 1 aromatic rings. The van der Waals surface area contributed by atoms with Gasteiger partial charge in [0, 0.05) is 23.4 Å². The minimum absolute atomic E-state index is 0.0804. The van der Waals surface area contributed by atoms with E-state index >= 15 is 0 Å². The predicted molar refractivity (Wildman–Crippen MR) is 68.9 cm³/mol. The molecule has 0 aromatic carbocycles. The zero-order valence-electron chi connectivity index (χ0n) is 11.1. The van der Waals surface area contributed by atoms with Gasteiger partial charge in [-0.15, -0.1) is 5.26 Å². The van der Waals surface area contributed by atoms with Gasteiger partial charge in [-0.2, -0.15) is 0 Å². The van der Waals surface area contributed by atoms with E-state index in [2.05, 4.69) is 9.72 Å². The van der Waals surface area contributed by atoms with E-state index < -0.39 is 6.43 Å². The van der Waals surface area contributed by atoms with Crippen LogP contribution >= 0.6 is 0 Å². The Balaban J connectivity index is 2.96. The molecule has 0 radical (unpaired) electrons. The Morgan fingerprint density at radius 1 is 1.50 bits per heavy atom. The van der Waals surface area contributed by atoms with E-state index in [1.165, 1.54) is 32.4 Å². The van der Waals surface area contributed by atoms with Crippen LogP contribution in [0.5, 0.6) is 5.88 Å². The van der Waals surface area contributed by atoms with Crippen molar-refractivity contribution in [3.05, 3.63) is 47.4 Å². The summed E-state index contributed by atoms with van der Waals surface area (Å²) in [6.07, 6.45) is 1.58. The second-order valence-electron chi connectivity index (χ2n) is 3.73. The molecule has 0 aliphatic heterocycles. The summed E-state index contributed by atoms with van der Waals surface area (Å²) >= 11 is 0. The van der Waals surface area contributed by atoms with Gasteiger partial charge in [-0.1, -0.05) is 12.1 Å². The highest BCUT2D eigenvalue weighted by Gasteiger charge is 2.19. The third-order valence-electron chi connectivity index (χ3n) is 2.52. The molecule has 20 heavy (non-hydrogen) atoms. The number of nitrogens with zero attached hydrogens (tertiary/aromatic N) is 2. The summed E-state index contributed by atoms with van der Waals surface area (Å²) < 4.78 is 35.9. The second-order valence-corrected chi connectivity index (χ2v) is 3.73. The topological polar surface area (TPSA) is 55.1 Å². The van der Waals surface area contributed by atoms with Crippen LogP contribution in [0.15, 0.2) is 47.4 Å². The molecule has 0 amide bonds. The van der Waals surface area contributed by atoms with E-state index in [9.17, 15) is 8.78 Å². The average Bonchev–Trinajstić information content (AvgIpc) is 2.44. The maximum Gasteiger partial charge on any atom is 0.291 e. The van der Waals surface area contributed by atoms with Gasteiger partial charge in [-0.05, 0) is 19.9 Å². The van der Waals surface area contributed by atoms with Crippen molar-refractivity contribution < 1.29 is 18.3 Å². The van der Waals surface area contributed by atoms with Crippen molar-refractivity contribution in [1.29, 1.82) is 5.26 Å². The lowest BCUT2D eigenvalue weighted by Gasteiger charge is -2.14. The number of hydrogen-bond acceptors (Lipinski definition) is 4. The Hall–Kier alpha value is -2.42. The van der Waals surface area contributed by atoms with E-state index in [0.29, 0.717) is 5.88 Å². The molecule has 0 fully saturated rings. The molecule has 106 valence electrons. The van der Waals surface area contributed by atoms with Gasteiger partial charge in [0.05, 0.1) is 0 Å². The van der Waals surface area contributed by atoms with Gasteiger partial charge in [-0.3, -0.25) is 0 Å². The first-order valence-electron chi connectivity index (χ1n) is 5.84. The zero-order chi connectivity index (χ0) is 15.0. The smallest absolute Gasteiger partial charge is 0.291 e. The fraction of sp³-hybridized carbons (Fsp3) is 0.286. The monoisotopic (exact) mass is 280 g/mol. The van der Waals surface area contributed by atoms with Crippen LogP contribution in [0.3, 0.4) is 0 Å². The van der Waals surface area contributed by atoms with Gasteiger partial charge in [0.25, 0.3) is 12.7 Å². The summed E-state index contributed by atoms with van der Waals surface area (Å²) in [5.74, 6) is 0.385. The van der Waals surface area contributed by atoms with Gasteiger partial charge < -0.3 is 9.47 Å². The third-order valence-corrected chi connectivity index (χ3v) is 2.52. The van der Waals surface area contributed by atoms with Gasteiger partial charge in [0.1, 0.15) is 12.4 Å². The zero-order valence-corrected chi connectivity index (χ0v) is 11.1. The first-order valence-corrected chi connectivity index (χ1v) is 5.84. The van der Waals surface area contributed by atoms with E-state index in [0.717, 1.165) is 0 Å². The molecule has 0 spiro atoms. The Bertz CT molecular complexity index is 534. The van der Waals surface area contributed by atoms with Crippen molar-refractivity contribution in [3.63, 3.8) is 0 Å². The van der Waals surface area contributed by atoms with Crippen molar-refractivity contribution >= 4 is 0 Å². The molecule has 1 aromatic heterocycles. The molecule has 0 atom stereocenters. The molecule has 0 saturated carbocycles. The van der Waals surface area contributed by atoms with Gasteiger partial charge in [0.15, 0.2) is 0 Å². The lowest BCUT2D eigenvalue weighted by Crippen LogP contribution is -2.12. The number of halogens is 2. The van der Waals surface area contributed by atoms with E-state index in [-0.39, 0.29) is 23.5 Å². The summed E-state index contributed by atoms with van der Waals surface area (Å²) in [6, 6.07) is 5.04. The molecule has 0 aliphatic carbocycles. The molecule has 4 nitrogen and oxygen atoms in total. The van der Waals surface area contributed by atoms with E-state index in [1.54, 1.807) is 18.2 Å². The summed E-state index contributed by atoms with van der Waals surface area (Å²) in [4.78, 5) is 3.93. The highest BCUT2D eigenvalue weighted by Crippen LogP contribution is 2.23. The van der Waals surface area contributed by atoms with Crippen molar-refractivity contribution in [2.75, 3.05) is 6.61 Å². The maximum atomic E-state index is 13.0. The Morgan fingerprint density at radius 3 is 2.75 bits per heavy atom. The van der Waals surface area contributed by atoms with Crippen LogP contribution in [0.2, 0.25) is 0 Å². The fourth-order valence-corrected chi connectivity index (χ4v) is 1.53. The molecule has 0 unspecified atom stereocenters. The number of aromatic nitrogens is 1. The number of ether oxygens (including phenoxy) is 2. The standard InChI is InChI=1S/C14H14F2N2O2/c1-3-11(14(15)16)12(10(2)20-9-17)8-19-13-6-4-5-7-18-13/h3-7,14H,8H2,1-2H3/b11-3+,12-10+. The van der Waals surface area contributed by atoms with Crippen LogP contribution in [-0.2, 0) is 4.74 Å². The number of alkyl halides is 2. The lowest BCUT2D eigenvalue weighted by molar-refractivity contribution is 0.187. The summed E-state index contributed by atoms with van der Waals surface area (Å²) in [6.45, 7) is 2.77. The van der Waals surface area contributed by atoms with E-state index in [1.807, 2.05) is 0 Å². The third kappa shape index (κ3) is 4.35. The summed E-state index contributed by atoms with van der Waals surface area (Å²) in [5, 5.41) is 8.50. The number of nitriles is 1. The van der Waals surface area contributed by atoms with Crippen LogP contribution in [0.1, 0.15) is 13.8 Å². The minimum Gasteiger partial charge on any atom is -0.473 e. The Labute approximate surface area is 116 Å². The molecule has 0 N–H and O–H groups in total. The van der Waals surface area contributed by atoms with Crippen LogP contribution in [0.25, 0.3) is 0 Å². The fourth-order valence-electron chi connectivity index (χ4n) is 1.53. The number of pyridine rings is 1. The number of hydrogen-bond donors (Lipinski definition) is 0. The molecular formula is C14H14F2N2O2. The molecule has 0 bridgehead atoms. The van der Waals surface area contributed by atoms with Crippen LogP contribution in [0.4, 0.5) is 8.78 Å². The van der Waals surface area contributed by atoms with Gasteiger partial charge >= 0.3 is 0 Å². The lowest BCUT2D eigenvalue weighted by atomic mass is 10.1. The second kappa shape index (κ2) is 7.89. The van der Waals surface area contributed by atoms with Crippen molar-refractivity contribution in [2.24, 2.45) is 0 Å². The van der Waals surface area contributed by atoms with Crippen LogP contribution in [-0.4, -0.2) is 18.0 Å². The van der Waals surface area contributed by atoms with Crippen LogP contribution < -0.4 is 4.74 Å².